The van der Waals surface area contributed by atoms with Crippen molar-refractivity contribution < 1.29 is 4.79 Å². The summed E-state index contributed by atoms with van der Waals surface area (Å²) in [6.07, 6.45) is 8.64. The van der Waals surface area contributed by atoms with Gasteiger partial charge in [0.2, 0.25) is 0 Å². The summed E-state index contributed by atoms with van der Waals surface area (Å²) in [6.45, 7) is 0.471. The largest absolute Gasteiger partial charge is 0.367 e. The van der Waals surface area contributed by atoms with Crippen molar-refractivity contribution >= 4 is 28.9 Å². The molecule has 2 aromatic heterocycles. The highest BCUT2D eigenvalue weighted by Gasteiger charge is 2.30. The van der Waals surface area contributed by atoms with Crippen molar-refractivity contribution in [1.82, 2.24) is 15.3 Å². The zero-order valence-corrected chi connectivity index (χ0v) is 21.6. The van der Waals surface area contributed by atoms with Crippen LogP contribution in [-0.4, -0.2) is 28.1 Å². The van der Waals surface area contributed by atoms with Gasteiger partial charge in [0.15, 0.2) is 0 Å². The van der Waals surface area contributed by atoms with Gasteiger partial charge in [-0.3, -0.25) is 9.88 Å². The summed E-state index contributed by atoms with van der Waals surface area (Å²) >= 11 is 0. The van der Waals surface area contributed by atoms with Gasteiger partial charge >= 0.3 is 6.03 Å². The average Bonchev–Trinajstić information content (AvgIpc) is 2.99. The van der Waals surface area contributed by atoms with Gasteiger partial charge in [-0.2, -0.15) is 5.26 Å². The molecule has 0 unspecified atom stereocenters. The molecule has 0 spiro atoms. The molecule has 196 valence electrons. The molecule has 1 aliphatic carbocycles. The van der Waals surface area contributed by atoms with Crippen LogP contribution >= 0.6 is 0 Å². The molecule has 1 fully saturated rings. The minimum absolute atomic E-state index is 0.0757. The third-order valence-electron chi connectivity index (χ3n) is 6.93. The van der Waals surface area contributed by atoms with Crippen molar-refractivity contribution in [3.8, 4) is 6.07 Å². The Balaban J connectivity index is 1.27. The Morgan fingerprint density at radius 1 is 0.897 bits per heavy atom. The zero-order chi connectivity index (χ0) is 26.9. The van der Waals surface area contributed by atoms with Crippen LogP contribution in [0.4, 0.5) is 27.7 Å². The lowest BCUT2D eigenvalue weighted by Crippen LogP contribution is -2.48. The Morgan fingerprint density at radius 3 is 2.28 bits per heavy atom. The summed E-state index contributed by atoms with van der Waals surface area (Å²) in [5.41, 5.74) is 4.37. The molecule has 0 radical (unpaired) electrons. The summed E-state index contributed by atoms with van der Waals surface area (Å²) in [4.78, 5) is 23.9. The number of nitrogens with zero attached hydrogens (tertiary/aromatic N) is 4. The van der Waals surface area contributed by atoms with Crippen LogP contribution in [0.5, 0.6) is 0 Å². The molecule has 3 N–H and O–H groups in total. The summed E-state index contributed by atoms with van der Waals surface area (Å²) in [7, 11) is 0. The molecular formula is C31H31N7O. The molecule has 0 bridgehead atoms. The first-order valence-electron chi connectivity index (χ1n) is 13.2. The van der Waals surface area contributed by atoms with Gasteiger partial charge in [-0.25, -0.2) is 9.78 Å². The molecule has 0 saturated heterocycles. The van der Waals surface area contributed by atoms with E-state index in [1.54, 1.807) is 24.7 Å². The fraction of sp³-hybridized carbons (Fsp3) is 0.226. The van der Waals surface area contributed by atoms with Crippen LogP contribution in [0, 0.1) is 11.3 Å². The lowest BCUT2D eigenvalue weighted by atomic mass is 9.90. The van der Waals surface area contributed by atoms with Gasteiger partial charge in [0.25, 0.3) is 0 Å². The SMILES string of the molecule is N#Cc1ccc(NC2CCC(N(C(=O)NCc3ccccc3)c3ccc(Nc4ccncc4)cc3)CC2)nc1. The van der Waals surface area contributed by atoms with E-state index in [2.05, 4.69) is 32.0 Å². The first-order chi connectivity index (χ1) is 19.2. The Bertz CT molecular complexity index is 1380. The van der Waals surface area contributed by atoms with Crippen molar-refractivity contribution in [2.45, 2.75) is 44.3 Å². The number of hydrogen-bond donors (Lipinski definition) is 3. The van der Waals surface area contributed by atoms with Gasteiger partial charge in [-0.05, 0) is 79.8 Å². The Morgan fingerprint density at radius 2 is 1.62 bits per heavy atom. The van der Waals surface area contributed by atoms with Gasteiger partial charge in [0, 0.05) is 54.3 Å². The molecule has 8 nitrogen and oxygen atoms in total. The molecule has 1 saturated carbocycles. The molecular weight excluding hydrogens is 486 g/mol. The number of hydrogen-bond acceptors (Lipinski definition) is 6. The lowest BCUT2D eigenvalue weighted by molar-refractivity contribution is 0.240. The van der Waals surface area contributed by atoms with Gasteiger partial charge in [-0.15, -0.1) is 0 Å². The molecule has 0 atom stereocenters. The fourth-order valence-corrected chi connectivity index (χ4v) is 4.89. The molecule has 5 rings (SSSR count). The normalized spacial score (nSPS) is 16.5. The quantitative estimate of drug-likeness (QED) is 0.256. The van der Waals surface area contributed by atoms with E-state index in [4.69, 9.17) is 5.26 Å². The van der Waals surface area contributed by atoms with Crippen LogP contribution < -0.4 is 20.9 Å². The number of nitrogens with one attached hydrogen (secondary N) is 3. The van der Waals surface area contributed by atoms with E-state index >= 15 is 0 Å². The predicted molar refractivity (Wildman–Crippen MR) is 154 cm³/mol. The third-order valence-corrected chi connectivity index (χ3v) is 6.93. The standard InChI is InChI=1S/C31H31N7O/c32-20-24-6-15-30(34-22-24)37-26-9-13-29(14-10-26)38(31(39)35-21-23-4-2-1-3-5-23)28-11-7-25(8-12-28)36-27-16-18-33-19-17-27/h1-8,11-12,15-19,22,26,29H,9-10,13-14,21H2,(H,33,36)(H,34,37)(H,35,39). The number of anilines is 4. The molecule has 1 aliphatic rings. The number of amides is 2. The molecule has 8 heteroatoms. The van der Waals surface area contributed by atoms with E-state index in [1.165, 1.54) is 0 Å². The van der Waals surface area contributed by atoms with E-state index in [9.17, 15) is 4.79 Å². The van der Waals surface area contributed by atoms with E-state index < -0.39 is 0 Å². The number of nitriles is 1. The summed E-state index contributed by atoms with van der Waals surface area (Å²) < 4.78 is 0. The Kier molecular flexibility index (Phi) is 8.29. The maximum absolute atomic E-state index is 13.6. The van der Waals surface area contributed by atoms with Gasteiger partial charge in [0.05, 0.1) is 5.56 Å². The minimum atomic E-state index is -0.0983. The number of pyridine rings is 2. The molecule has 39 heavy (non-hydrogen) atoms. The zero-order valence-electron chi connectivity index (χ0n) is 21.6. The molecule has 2 heterocycles. The molecule has 2 aromatic carbocycles. The van der Waals surface area contributed by atoms with Gasteiger partial charge in [0.1, 0.15) is 11.9 Å². The summed E-state index contributed by atoms with van der Waals surface area (Å²) in [5.74, 6) is 0.771. The molecule has 4 aromatic rings. The number of benzene rings is 2. The first-order valence-corrected chi connectivity index (χ1v) is 13.2. The van der Waals surface area contributed by atoms with Crippen molar-refractivity contribution in [3.05, 3.63) is 109 Å². The number of rotatable bonds is 8. The maximum Gasteiger partial charge on any atom is 0.322 e. The van der Waals surface area contributed by atoms with Crippen molar-refractivity contribution in [2.75, 3.05) is 15.5 Å². The van der Waals surface area contributed by atoms with E-state index in [0.29, 0.717) is 12.1 Å². The van der Waals surface area contributed by atoms with Crippen LogP contribution in [0.3, 0.4) is 0 Å². The highest BCUT2D eigenvalue weighted by Crippen LogP contribution is 2.30. The van der Waals surface area contributed by atoms with Gasteiger partial charge in [-0.1, -0.05) is 30.3 Å². The molecule has 2 amide bonds. The number of carbonyl (C=O) groups excluding carboxylic acids is 1. The lowest BCUT2D eigenvalue weighted by Gasteiger charge is -2.37. The topological polar surface area (TPSA) is 106 Å². The average molecular weight is 518 g/mol. The van der Waals surface area contributed by atoms with Crippen LogP contribution in [0.2, 0.25) is 0 Å². The highest BCUT2D eigenvalue weighted by molar-refractivity contribution is 5.93. The minimum Gasteiger partial charge on any atom is -0.367 e. The van der Waals surface area contributed by atoms with E-state index in [0.717, 1.165) is 54.1 Å². The second-order valence-corrected chi connectivity index (χ2v) is 9.62. The Labute approximate surface area is 228 Å². The fourth-order valence-electron chi connectivity index (χ4n) is 4.89. The second kappa shape index (κ2) is 12.6. The van der Waals surface area contributed by atoms with E-state index in [1.807, 2.05) is 77.7 Å². The number of carbonyl (C=O) groups is 1. The van der Waals surface area contributed by atoms with Gasteiger partial charge < -0.3 is 16.0 Å². The number of urea groups is 1. The number of aromatic nitrogens is 2. The first kappa shape index (κ1) is 25.7. The maximum atomic E-state index is 13.6. The molecule has 0 aliphatic heterocycles. The van der Waals surface area contributed by atoms with Crippen molar-refractivity contribution in [2.24, 2.45) is 0 Å². The Hall–Kier alpha value is -4.90. The predicted octanol–water partition coefficient (Wildman–Crippen LogP) is 6.23. The monoisotopic (exact) mass is 517 g/mol. The highest BCUT2D eigenvalue weighted by atomic mass is 16.2. The third kappa shape index (κ3) is 6.90. The van der Waals surface area contributed by atoms with Crippen LogP contribution in [0.1, 0.15) is 36.8 Å². The second-order valence-electron chi connectivity index (χ2n) is 9.62. The van der Waals surface area contributed by atoms with Crippen molar-refractivity contribution in [1.29, 1.82) is 5.26 Å². The van der Waals surface area contributed by atoms with Crippen molar-refractivity contribution in [3.63, 3.8) is 0 Å². The summed E-state index contributed by atoms with van der Waals surface area (Å²) in [5, 5.41) is 19.0. The van der Waals surface area contributed by atoms with E-state index in [-0.39, 0.29) is 18.1 Å². The van der Waals surface area contributed by atoms with Crippen LogP contribution in [-0.2, 0) is 6.54 Å². The van der Waals surface area contributed by atoms with Crippen LogP contribution in [0.25, 0.3) is 0 Å². The smallest absolute Gasteiger partial charge is 0.322 e. The van der Waals surface area contributed by atoms with Crippen LogP contribution in [0.15, 0.2) is 97.5 Å². The summed E-state index contributed by atoms with van der Waals surface area (Å²) in [6, 6.07) is 27.7.